The normalized spacial score (nSPS) is 10.5. The molecular weight excluding hydrogens is 382 g/mol. The average molecular weight is 407 g/mol. The third-order valence-corrected chi connectivity index (χ3v) is 4.52. The van der Waals surface area contributed by atoms with Gasteiger partial charge in [0.2, 0.25) is 5.95 Å². The van der Waals surface area contributed by atoms with E-state index in [2.05, 4.69) is 44.4 Å². The molecule has 0 aliphatic heterocycles. The molecule has 2 N–H and O–H groups in total. The van der Waals surface area contributed by atoms with Gasteiger partial charge in [0.05, 0.1) is 0 Å². The van der Waals surface area contributed by atoms with Crippen molar-refractivity contribution < 1.29 is 4.79 Å². The van der Waals surface area contributed by atoms with Crippen LogP contribution in [0, 0.1) is 6.92 Å². The third kappa shape index (κ3) is 4.99. The van der Waals surface area contributed by atoms with Crippen LogP contribution in [-0.4, -0.2) is 38.7 Å². The van der Waals surface area contributed by atoms with Crippen LogP contribution in [-0.2, 0) is 7.05 Å². The molecule has 0 unspecified atom stereocenters. The van der Waals surface area contributed by atoms with Gasteiger partial charge in [-0.3, -0.25) is 9.59 Å². The highest BCUT2D eigenvalue weighted by Crippen LogP contribution is 2.20. The van der Waals surface area contributed by atoms with Crippen molar-refractivity contribution in [3.8, 4) is 0 Å². The van der Waals surface area contributed by atoms with Crippen molar-refractivity contribution in [2.75, 3.05) is 28.6 Å². The highest BCUT2D eigenvalue weighted by Gasteiger charge is 2.10. The van der Waals surface area contributed by atoms with E-state index in [-0.39, 0.29) is 11.3 Å². The zero-order chi connectivity index (χ0) is 21.7. The summed E-state index contributed by atoms with van der Waals surface area (Å²) in [4.78, 5) is 34.9. The Balaban J connectivity index is 1.71. The van der Waals surface area contributed by atoms with Gasteiger partial charge < -0.3 is 15.5 Å². The molecule has 1 amide bonds. The van der Waals surface area contributed by atoms with Gasteiger partial charge in [-0.05, 0) is 51.1 Å². The van der Waals surface area contributed by atoms with Gasteiger partial charge >= 0.3 is 0 Å². The minimum absolute atomic E-state index is 0.163. The van der Waals surface area contributed by atoms with Crippen LogP contribution in [0.2, 0.25) is 0 Å². The summed E-state index contributed by atoms with van der Waals surface area (Å²) < 4.78 is 1.12. The Morgan fingerprint density at radius 1 is 1.03 bits per heavy atom. The summed E-state index contributed by atoms with van der Waals surface area (Å²) in [7, 11) is 1.50. The Hall–Kier alpha value is -3.75. The van der Waals surface area contributed by atoms with Crippen molar-refractivity contribution in [1.82, 2.24) is 19.7 Å². The molecule has 0 atom stereocenters. The zero-order valence-electron chi connectivity index (χ0n) is 17.5. The van der Waals surface area contributed by atoms with Crippen molar-refractivity contribution in [3.63, 3.8) is 0 Å². The second-order valence-corrected chi connectivity index (χ2v) is 6.70. The number of nitrogens with one attached hydrogen (secondary N) is 2. The van der Waals surface area contributed by atoms with E-state index in [9.17, 15) is 9.59 Å². The fourth-order valence-corrected chi connectivity index (χ4v) is 2.90. The number of nitrogens with zero attached hydrogens (tertiary/aromatic N) is 5. The second-order valence-electron chi connectivity index (χ2n) is 6.70. The quantitative estimate of drug-likeness (QED) is 0.620. The van der Waals surface area contributed by atoms with Crippen LogP contribution in [0.1, 0.15) is 30.0 Å². The van der Waals surface area contributed by atoms with Crippen molar-refractivity contribution in [3.05, 3.63) is 64.2 Å². The number of amides is 1. The second kappa shape index (κ2) is 9.17. The summed E-state index contributed by atoms with van der Waals surface area (Å²) in [6.07, 6.45) is 0. The standard InChI is InChI=1S/C21H25N7O2/c1-5-28(6-2)18-13-14(3)22-21(25-18)24-16-9-7-15(8-10-16)23-20(30)17-11-12-19(29)27(4)26-17/h7-13H,5-6H2,1-4H3,(H,23,30)(H,22,24,25). The van der Waals surface area contributed by atoms with E-state index in [1.54, 1.807) is 12.1 Å². The van der Waals surface area contributed by atoms with Crippen LogP contribution in [0.3, 0.4) is 0 Å². The molecule has 156 valence electrons. The number of aromatic nitrogens is 4. The summed E-state index contributed by atoms with van der Waals surface area (Å²) in [5, 5.41) is 9.91. The molecule has 2 aromatic heterocycles. The predicted octanol–water partition coefficient (Wildman–Crippen LogP) is 2.72. The van der Waals surface area contributed by atoms with Crippen molar-refractivity contribution >= 4 is 29.0 Å². The van der Waals surface area contributed by atoms with E-state index in [0.29, 0.717) is 11.6 Å². The van der Waals surface area contributed by atoms with Gasteiger partial charge in [0, 0.05) is 49.3 Å². The fraction of sp³-hybridized carbons (Fsp3) is 0.286. The van der Waals surface area contributed by atoms with Gasteiger partial charge in [-0.15, -0.1) is 0 Å². The third-order valence-electron chi connectivity index (χ3n) is 4.52. The van der Waals surface area contributed by atoms with E-state index < -0.39 is 5.91 Å². The van der Waals surface area contributed by atoms with Gasteiger partial charge in [0.25, 0.3) is 11.5 Å². The number of aryl methyl sites for hydroxylation is 2. The first-order valence-electron chi connectivity index (χ1n) is 9.73. The van der Waals surface area contributed by atoms with Crippen LogP contribution in [0.25, 0.3) is 0 Å². The lowest BCUT2D eigenvalue weighted by Crippen LogP contribution is -2.23. The molecule has 0 bridgehead atoms. The lowest BCUT2D eigenvalue weighted by Gasteiger charge is -2.20. The molecular formula is C21H25N7O2. The summed E-state index contributed by atoms with van der Waals surface area (Å²) in [5.41, 5.74) is 2.17. The molecule has 30 heavy (non-hydrogen) atoms. The lowest BCUT2D eigenvalue weighted by molar-refractivity contribution is 0.102. The smallest absolute Gasteiger partial charge is 0.276 e. The van der Waals surface area contributed by atoms with Crippen LogP contribution >= 0.6 is 0 Å². The number of carbonyl (C=O) groups excluding carboxylic acids is 1. The number of hydrogen-bond donors (Lipinski definition) is 2. The molecule has 9 nitrogen and oxygen atoms in total. The number of benzene rings is 1. The minimum atomic E-state index is -0.391. The Bertz CT molecular complexity index is 1090. The molecule has 2 heterocycles. The van der Waals surface area contributed by atoms with Gasteiger partial charge in [0.15, 0.2) is 0 Å². The molecule has 0 radical (unpaired) electrons. The Kier molecular flexibility index (Phi) is 6.41. The highest BCUT2D eigenvalue weighted by atomic mass is 16.2. The topological polar surface area (TPSA) is 105 Å². The maximum absolute atomic E-state index is 12.3. The van der Waals surface area contributed by atoms with E-state index in [0.717, 1.165) is 35.0 Å². The largest absolute Gasteiger partial charge is 0.357 e. The zero-order valence-corrected chi connectivity index (χ0v) is 17.5. The van der Waals surface area contributed by atoms with E-state index >= 15 is 0 Å². The summed E-state index contributed by atoms with van der Waals surface area (Å²) in [6.45, 7) is 7.85. The molecule has 0 aliphatic carbocycles. The number of hydrogen-bond acceptors (Lipinski definition) is 7. The molecule has 3 aromatic rings. The molecule has 0 aliphatic rings. The average Bonchev–Trinajstić information content (AvgIpc) is 2.72. The van der Waals surface area contributed by atoms with Crippen LogP contribution < -0.4 is 21.1 Å². The van der Waals surface area contributed by atoms with E-state index in [4.69, 9.17) is 0 Å². The monoisotopic (exact) mass is 407 g/mol. The maximum atomic E-state index is 12.3. The number of anilines is 4. The molecule has 3 rings (SSSR count). The molecule has 0 saturated heterocycles. The van der Waals surface area contributed by atoms with Gasteiger partial charge in [-0.1, -0.05) is 0 Å². The number of carbonyl (C=O) groups is 1. The lowest BCUT2D eigenvalue weighted by atomic mass is 10.2. The molecule has 0 spiro atoms. The van der Waals surface area contributed by atoms with E-state index in [1.165, 1.54) is 19.2 Å². The van der Waals surface area contributed by atoms with Gasteiger partial charge in [0.1, 0.15) is 11.5 Å². The molecule has 0 saturated carbocycles. The summed E-state index contributed by atoms with van der Waals surface area (Å²) >= 11 is 0. The van der Waals surface area contributed by atoms with Crippen molar-refractivity contribution in [2.45, 2.75) is 20.8 Å². The van der Waals surface area contributed by atoms with Crippen molar-refractivity contribution in [1.29, 1.82) is 0 Å². The summed E-state index contributed by atoms with van der Waals surface area (Å²) in [5.74, 6) is 1.00. The Morgan fingerprint density at radius 2 is 1.70 bits per heavy atom. The highest BCUT2D eigenvalue weighted by molar-refractivity contribution is 6.02. The Morgan fingerprint density at radius 3 is 2.33 bits per heavy atom. The minimum Gasteiger partial charge on any atom is -0.357 e. The van der Waals surface area contributed by atoms with Crippen LogP contribution in [0.4, 0.5) is 23.1 Å². The predicted molar refractivity (Wildman–Crippen MR) is 117 cm³/mol. The van der Waals surface area contributed by atoms with E-state index in [1.807, 2.05) is 25.1 Å². The first-order valence-corrected chi connectivity index (χ1v) is 9.73. The fourth-order valence-electron chi connectivity index (χ4n) is 2.90. The molecule has 1 aromatic carbocycles. The Labute approximate surface area is 174 Å². The van der Waals surface area contributed by atoms with Gasteiger partial charge in [-0.2, -0.15) is 10.1 Å². The first kappa shape index (κ1) is 21.0. The number of rotatable bonds is 7. The first-order chi connectivity index (χ1) is 14.4. The molecule has 0 fully saturated rings. The van der Waals surface area contributed by atoms with Crippen LogP contribution in [0.15, 0.2) is 47.3 Å². The summed E-state index contributed by atoms with van der Waals surface area (Å²) in [6, 6.07) is 11.9. The van der Waals surface area contributed by atoms with Gasteiger partial charge in [-0.25, -0.2) is 9.67 Å². The van der Waals surface area contributed by atoms with Crippen LogP contribution in [0.5, 0.6) is 0 Å². The SMILES string of the molecule is CCN(CC)c1cc(C)nc(Nc2ccc(NC(=O)c3ccc(=O)n(C)n3)cc2)n1. The molecule has 9 heteroatoms. The maximum Gasteiger partial charge on any atom is 0.276 e. The van der Waals surface area contributed by atoms with Crippen molar-refractivity contribution in [2.24, 2.45) is 7.05 Å².